The van der Waals surface area contributed by atoms with Crippen LogP contribution in [0, 0.1) is 5.82 Å². The maximum absolute atomic E-state index is 13.3. The zero-order valence-electron chi connectivity index (χ0n) is 16.3. The fourth-order valence-electron chi connectivity index (χ4n) is 3.32. The van der Waals surface area contributed by atoms with Crippen LogP contribution in [0.1, 0.15) is 12.5 Å². The van der Waals surface area contributed by atoms with Crippen molar-refractivity contribution in [3.05, 3.63) is 54.5 Å². The fraction of sp³-hybridized carbons (Fsp3) is 0.190. The Hall–Kier alpha value is -3.88. The van der Waals surface area contributed by atoms with E-state index >= 15 is 0 Å². The first-order valence-corrected chi connectivity index (χ1v) is 9.15. The maximum atomic E-state index is 13.3. The van der Waals surface area contributed by atoms with Crippen molar-refractivity contribution in [3.8, 4) is 22.6 Å². The van der Waals surface area contributed by atoms with Crippen LogP contribution >= 0.6 is 0 Å². The zero-order chi connectivity index (χ0) is 21.3. The fourth-order valence-corrected chi connectivity index (χ4v) is 3.32. The van der Waals surface area contributed by atoms with E-state index in [9.17, 15) is 14.0 Å². The summed E-state index contributed by atoms with van der Waals surface area (Å²) in [4.78, 5) is 25.3. The number of nitrogens with one attached hydrogen (secondary N) is 2. The Kier molecular flexibility index (Phi) is 5.09. The molecule has 0 spiro atoms. The largest absolute Gasteiger partial charge is 0.497 e. The van der Waals surface area contributed by atoms with E-state index in [0.717, 1.165) is 0 Å². The molecular weight excluding hydrogens is 391 g/mol. The molecule has 2 amide bonds. The monoisotopic (exact) mass is 410 g/mol. The molecule has 2 heterocycles. The summed E-state index contributed by atoms with van der Waals surface area (Å²) in [5.41, 5.74) is 1.75. The topological polar surface area (TPSA) is 94.5 Å². The minimum Gasteiger partial charge on any atom is -0.497 e. The maximum Gasteiger partial charge on any atom is 0.249 e. The highest BCUT2D eigenvalue weighted by Crippen LogP contribution is 2.35. The summed E-state index contributed by atoms with van der Waals surface area (Å²) in [6.07, 6.45) is 1.48. The van der Waals surface area contributed by atoms with E-state index < -0.39 is 11.9 Å². The van der Waals surface area contributed by atoms with Gasteiger partial charge in [-0.1, -0.05) is 12.1 Å². The van der Waals surface area contributed by atoms with Gasteiger partial charge in [0.25, 0.3) is 0 Å². The number of hydrogen-bond acceptors (Lipinski definition) is 5. The molecule has 2 aromatic carbocycles. The number of nitrogens with zero attached hydrogens (tertiary/aromatic N) is 2. The van der Waals surface area contributed by atoms with E-state index in [2.05, 4.69) is 15.7 Å². The number of ether oxygens (including phenoxy) is 2. The van der Waals surface area contributed by atoms with Gasteiger partial charge in [0.1, 0.15) is 29.2 Å². The average Bonchev–Trinajstić information content (AvgIpc) is 3.16. The molecule has 0 aliphatic carbocycles. The molecule has 0 bridgehead atoms. The molecule has 154 valence electrons. The van der Waals surface area contributed by atoms with Crippen LogP contribution < -0.4 is 20.1 Å². The van der Waals surface area contributed by atoms with Crippen LogP contribution in [0.15, 0.2) is 48.7 Å². The van der Waals surface area contributed by atoms with Crippen LogP contribution in [0.4, 0.5) is 15.9 Å². The highest BCUT2D eigenvalue weighted by Gasteiger charge is 2.33. The molecule has 3 aromatic rings. The summed E-state index contributed by atoms with van der Waals surface area (Å²) in [6.45, 7) is 0. The lowest BCUT2D eigenvalue weighted by atomic mass is 10.1. The molecule has 0 saturated carbocycles. The van der Waals surface area contributed by atoms with Crippen LogP contribution in [0.25, 0.3) is 11.1 Å². The number of hydrogen-bond donors (Lipinski definition) is 2. The zero-order valence-corrected chi connectivity index (χ0v) is 16.3. The van der Waals surface area contributed by atoms with Gasteiger partial charge in [0, 0.05) is 29.4 Å². The van der Waals surface area contributed by atoms with Gasteiger partial charge in [-0.3, -0.25) is 9.59 Å². The molecule has 0 saturated heterocycles. The van der Waals surface area contributed by atoms with Crippen molar-refractivity contribution in [2.24, 2.45) is 0 Å². The van der Waals surface area contributed by atoms with Crippen molar-refractivity contribution in [2.45, 2.75) is 12.5 Å². The van der Waals surface area contributed by atoms with E-state index in [4.69, 9.17) is 9.47 Å². The van der Waals surface area contributed by atoms with Crippen molar-refractivity contribution in [2.75, 3.05) is 24.9 Å². The Morgan fingerprint density at radius 2 is 1.83 bits per heavy atom. The molecule has 8 nitrogen and oxygen atoms in total. The predicted molar refractivity (Wildman–Crippen MR) is 108 cm³/mol. The number of carbonyl (C=O) groups excluding carboxylic acids is 2. The van der Waals surface area contributed by atoms with Gasteiger partial charge in [-0.05, 0) is 17.7 Å². The number of benzene rings is 2. The summed E-state index contributed by atoms with van der Waals surface area (Å²) < 4.78 is 25.2. The normalized spacial score (nSPS) is 15.2. The number of fused-ring (bicyclic) bond motifs is 1. The van der Waals surface area contributed by atoms with Gasteiger partial charge in [0.05, 0.1) is 26.8 Å². The highest BCUT2D eigenvalue weighted by atomic mass is 19.1. The molecule has 2 N–H and O–H groups in total. The Morgan fingerprint density at radius 1 is 1.17 bits per heavy atom. The van der Waals surface area contributed by atoms with Crippen LogP contribution in [0.3, 0.4) is 0 Å². The number of amides is 2. The number of anilines is 2. The molecule has 0 radical (unpaired) electrons. The second-order valence-corrected chi connectivity index (χ2v) is 6.72. The molecule has 30 heavy (non-hydrogen) atoms. The van der Waals surface area contributed by atoms with Gasteiger partial charge in [-0.2, -0.15) is 5.10 Å². The lowest BCUT2D eigenvalue weighted by Crippen LogP contribution is -2.35. The standard InChI is InChI=1S/C21H19FN4O4/c1-29-15-7-14(8-16(9-15)30-2)24-21(28)18-10-19(27)25-20-17(11-23-26(18)20)12-3-5-13(22)6-4-12/h3-9,11,18H,10H2,1-2H3,(H,24,28)(H,25,27)/t18-/m0/s1. The Morgan fingerprint density at radius 3 is 2.47 bits per heavy atom. The Bertz CT molecular complexity index is 1090. The van der Waals surface area contributed by atoms with Gasteiger partial charge in [-0.25, -0.2) is 9.07 Å². The summed E-state index contributed by atoms with van der Waals surface area (Å²) in [5.74, 6) is 0.342. The lowest BCUT2D eigenvalue weighted by molar-refractivity contribution is -0.125. The van der Waals surface area contributed by atoms with E-state index in [1.807, 2.05) is 0 Å². The first-order valence-electron chi connectivity index (χ1n) is 9.15. The summed E-state index contributed by atoms with van der Waals surface area (Å²) in [5, 5.41) is 9.84. The van der Waals surface area contributed by atoms with Crippen molar-refractivity contribution in [3.63, 3.8) is 0 Å². The first-order chi connectivity index (χ1) is 14.5. The van der Waals surface area contributed by atoms with Gasteiger partial charge in [-0.15, -0.1) is 0 Å². The van der Waals surface area contributed by atoms with E-state index in [0.29, 0.717) is 34.1 Å². The summed E-state index contributed by atoms with van der Waals surface area (Å²) in [6, 6.07) is 9.96. The molecule has 1 aliphatic rings. The molecular formula is C21H19FN4O4. The molecule has 4 rings (SSSR count). The minimum absolute atomic E-state index is 0.0650. The van der Waals surface area contributed by atoms with Gasteiger partial charge < -0.3 is 20.1 Å². The Labute approximate surface area is 171 Å². The van der Waals surface area contributed by atoms with Crippen molar-refractivity contribution >= 4 is 23.3 Å². The van der Waals surface area contributed by atoms with Crippen molar-refractivity contribution in [1.29, 1.82) is 0 Å². The van der Waals surface area contributed by atoms with Crippen molar-refractivity contribution < 1.29 is 23.5 Å². The predicted octanol–water partition coefficient (Wildman–Crippen LogP) is 3.23. The number of aromatic nitrogens is 2. The molecule has 1 atom stereocenters. The molecule has 9 heteroatoms. The van der Waals surface area contributed by atoms with Gasteiger partial charge in [0.2, 0.25) is 11.8 Å². The highest BCUT2D eigenvalue weighted by molar-refractivity contribution is 6.03. The molecule has 1 aromatic heterocycles. The average molecular weight is 410 g/mol. The lowest BCUT2D eigenvalue weighted by Gasteiger charge is -2.24. The van der Waals surface area contributed by atoms with E-state index in [1.54, 1.807) is 36.5 Å². The number of rotatable bonds is 5. The third-order valence-electron chi connectivity index (χ3n) is 4.80. The van der Waals surface area contributed by atoms with Gasteiger partial charge in [0.15, 0.2) is 0 Å². The first kappa shape index (κ1) is 19.4. The van der Waals surface area contributed by atoms with Crippen LogP contribution in [-0.2, 0) is 9.59 Å². The minimum atomic E-state index is -0.847. The van der Waals surface area contributed by atoms with Crippen LogP contribution in [0.5, 0.6) is 11.5 Å². The van der Waals surface area contributed by atoms with E-state index in [1.165, 1.54) is 31.0 Å². The quantitative estimate of drug-likeness (QED) is 0.674. The molecule has 0 fully saturated rings. The van der Waals surface area contributed by atoms with Crippen LogP contribution in [-0.4, -0.2) is 35.8 Å². The number of carbonyl (C=O) groups is 2. The van der Waals surface area contributed by atoms with Gasteiger partial charge >= 0.3 is 0 Å². The molecule has 0 unspecified atom stereocenters. The number of halogens is 1. The summed E-state index contributed by atoms with van der Waals surface area (Å²) >= 11 is 0. The van der Waals surface area contributed by atoms with Crippen LogP contribution in [0.2, 0.25) is 0 Å². The second kappa shape index (κ2) is 7.86. The SMILES string of the molecule is COc1cc(NC(=O)[C@@H]2CC(=O)Nc3c(-c4ccc(F)cc4)cnn32)cc(OC)c1. The third kappa shape index (κ3) is 3.69. The van der Waals surface area contributed by atoms with Crippen molar-refractivity contribution in [1.82, 2.24) is 9.78 Å². The van der Waals surface area contributed by atoms with E-state index in [-0.39, 0.29) is 18.1 Å². The number of methoxy groups -OCH3 is 2. The smallest absolute Gasteiger partial charge is 0.249 e. The molecule has 1 aliphatic heterocycles. The second-order valence-electron chi connectivity index (χ2n) is 6.72. The summed E-state index contributed by atoms with van der Waals surface area (Å²) in [7, 11) is 3.03. The Balaban J connectivity index is 1.64. The third-order valence-corrected chi connectivity index (χ3v) is 4.80.